The van der Waals surface area contributed by atoms with Crippen molar-refractivity contribution in [2.75, 3.05) is 5.75 Å². The number of carboxylic acid groups (broad SMARTS) is 1. The minimum Gasteiger partial charge on any atom is -0.481 e. The molecule has 0 fully saturated rings. The van der Waals surface area contributed by atoms with Crippen LogP contribution in [0.25, 0.3) is 0 Å². The first kappa shape index (κ1) is 12.2. The van der Waals surface area contributed by atoms with Crippen LogP contribution in [0.1, 0.15) is 26.0 Å². The average molecular weight is 228 g/mol. The second kappa shape index (κ2) is 5.26. The van der Waals surface area contributed by atoms with E-state index in [1.807, 2.05) is 12.1 Å². The van der Waals surface area contributed by atoms with Gasteiger partial charge in [0.1, 0.15) is 5.76 Å². The number of aliphatic carboxylic acids is 1. The van der Waals surface area contributed by atoms with E-state index in [4.69, 9.17) is 9.52 Å². The van der Waals surface area contributed by atoms with Crippen molar-refractivity contribution in [3.05, 3.63) is 24.2 Å². The van der Waals surface area contributed by atoms with Crippen molar-refractivity contribution in [3.8, 4) is 0 Å². The largest absolute Gasteiger partial charge is 0.481 e. The molecule has 15 heavy (non-hydrogen) atoms. The van der Waals surface area contributed by atoms with Crippen molar-refractivity contribution < 1.29 is 14.3 Å². The molecule has 1 aromatic rings. The summed E-state index contributed by atoms with van der Waals surface area (Å²) in [5.41, 5.74) is -0.629. The monoisotopic (exact) mass is 228 g/mol. The van der Waals surface area contributed by atoms with Gasteiger partial charge in [0.05, 0.1) is 17.4 Å². The number of rotatable bonds is 6. The molecule has 0 aliphatic rings. The summed E-state index contributed by atoms with van der Waals surface area (Å²) in [4.78, 5) is 10.8. The Morgan fingerprint density at radius 1 is 1.60 bits per heavy atom. The molecule has 0 saturated heterocycles. The normalized spacial score (nSPS) is 11.6. The molecular formula is C11H16O3S. The van der Waals surface area contributed by atoms with Crippen LogP contribution >= 0.6 is 11.8 Å². The van der Waals surface area contributed by atoms with Gasteiger partial charge in [0.25, 0.3) is 0 Å². The van der Waals surface area contributed by atoms with Gasteiger partial charge in [-0.15, -0.1) is 0 Å². The van der Waals surface area contributed by atoms with Crippen molar-refractivity contribution in [2.24, 2.45) is 5.41 Å². The second-order valence-corrected chi connectivity index (χ2v) is 5.18. The maximum absolute atomic E-state index is 10.8. The molecule has 0 aliphatic carbocycles. The maximum atomic E-state index is 10.8. The zero-order chi connectivity index (χ0) is 11.3. The topological polar surface area (TPSA) is 50.4 Å². The lowest BCUT2D eigenvalue weighted by atomic mass is 9.91. The fourth-order valence-corrected chi connectivity index (χ4v) is 2.17. The molecular weight excluding hydrogens is 212 g/mol. The predicted octanol–water partition coefficient (Wildman–Crippen LogP) is 3.01. The molecule has 0 bridgehead atoms. The zero-order valence-electron chi connectivity index (χ0n) is 9.03. The van der Waals surface area contributed by atoms with E-state index in [0.717, 1.165) is 17.3 Å². The minimum atomic E-state index is -0.735. The molecule has 1 heterocycles. The Balaban J connectivity index is 2.19. The van der Waals surface area contributed by atoms with Crippen molar-refractivity contribution in [1.82, 2.24) is 0 Å². The van der Waals surface area contributed by atoms with Gasteiger partial charge in [-0.1, -0.05) is 0 Å². The summed E-state index contributed by atoms with van der Waals surface area (Å²) in [5, 5.41) is 8.90. The van der Waals surface area contributed by atoms with Crippen molar-refractivity contribution >= 4 is 17.7 Å². The van der Waals surface area contributed by atoms with Gasteiger partial charge >= 0.3 is 5.97 Å². The first-order chi connectivity index (χ1) is 7.02. The van der Waals surface area contributed by atoms with E-state index in [1.165, 1.54) is 0 Å². The molecule has 1 aromatic heterocycles. The summed E-state index contributed by atoms with van der Waals surface area (Å²) in [5.74, 6) is 1.84. The summed E-state index contributed by atoms with van der Waals surface area (Å²) < 4.78 is 5.18. The number of thioether (sulfide) groups is 1. The number of hydrogen-bond acceptors (Lipinski definition) is 3. The lowest BCUT2D eigenvalue weighted by Gasteiger charge is -2.17. The summed E-state index contributed by atoms with van der Waals surface area (Å²) in [6.07, 6.45) is 2.32. The highest BCUT2D eigenvalue weighted by Crippen LogP contribution is 2.24. The van der Waals surface area contributed by atoms with Crippen molar-refractivity contribution in [1.29, 1.82) is 0 Å². The van der Waals surface area contributed by atoms with Gasteiger partial charge in [-0.25, -0.2) is 0 Å². The Kier molecular flexibility index (Phi) is 4.27. The highest BCUT2D eigenvalue weighted by molar-refractivity contribution is 7.98. The van der Waals surface area contributed by atoms with E-state index in [2.05, 4.69) is 0 Å². The fourth-order valence-electron chi connectivity index (χ4n) is 1.00. The molecule has 0 amide bonds. The molecule has 0 saturated carbocycles. The number of carboxylic acids is 1. The third-order valence-electron chi connectivity index (χ3n) is 2.27. The smallest absolute Gasteiger partial charge is 0.309 e. The van der Waals surface area contributed by atoms with E-state index in [0.29, 0.717) is 6.42 Å². The van der Waals surface area contributed by atoms with Gasteiger partial charge in [0, 0.05) is 0 Å². The Morgan fingerprint density at radius 2 is 2.33 bits per heavy atom. The summed E-state index contributed by atoms with van der Waals surface area (Å²) >= 11 is 1.70. The molecule has 4 heteroatoms. The zero-order valence-corrected chi connectivity index (χ0v) is 9.84. The van der Waals surface area contributed by atoms with Gasteiger partial charge in [-0.05, 0) is 38.2 Å². The Hall–Kier alpha value is -0.900. The van der Waals surface area contributed by atoms with Gasteiger partial charge in [-0.2, -0.15) is 11.8 Å². The van der Waals surface area contributed by atoms with E-state index >= 15 is 0 Å². The average Bonchev–Trinajstić information content (AvgIpc) is 2.64. The first-order valence-corrected chi connectivity index (χ1v) is 6.01. The number of carbonyl (C=O) groups is 1. The van der Waals surface area contributed by atoms with Crippen LogP contribution < -0.4 is 0 Å². The van der Waals surface area contributed by atoms with E-state index in [1.54, 1.807) is 31.9 Å². The van der Waals surface area contributed by atoms with Crippen LogP contribution in [0.2, 0.25) is 0 Å². The Morgan fingerprint density at radius 3 is 2.87 bits per heavy atom. The molecule has 1 rings (SSSR count). The summed E-state index contributed by atoms with van der Waals surface area (Å²) in [6, 6.07) is 3.78. The van der Waals surface area contributed by atoms with E-state index in [-0.39, 0.29) is 0 Å². The predicted molar refractivity (Wildman–Crippen MR) is 60.9 cm³/mol. The summed E-state index contributed by atoms with van der Waals surface area (Å²) in [6.45, 7) is 3.51. The number of hydrogen-bond donors (Lipinski definition) is 1. The minimum absolute atomic E-state index is 0.629. The molecule has 0 radical (unpaired) electrons. The molecule has 0 aliphatic heterocycles. The molecule has 84 valence electrons. The molecule has 1 N–H and O–H groups in total. The van der Waals surface area contributed by atoms with Crippen LogP contribution in [0.3, 0.4) is 0 Å². The molecule has 0 atom stereocenters. The number of furan rings is 1. The van der Waals surface area contributed by atoms with Crippen LogP contribution in [0.5, 0.6) is 0 Å². The molecule has 0 aromatic carbocycles. The second-order valence-electron chi connectivity index (χ2n) is 4.07. The quantitative estimate of drug-likeness (QED) is 0.760. The lowest BCUT2D eigenvalue weighted by Crippen LogP contribution is -2.24. The Bertz CT molecular complexity index is 304. The maximum Gasteiger partial charge on any atom is 0.309 e. The Labute approximate surface area is 93.9 Å². The highest BCUT2D eigenvalue weighted by atomic mass is 32.2. The SMILES string of the molecule is CC(C)(CCSCc1ccco1)C(=O)O. The summed E-state index contributed by atoms with van der Waals surface area (Å²) in [7, 11) is 0. The van der Waals surface area contributed by atoms with Crippen molar-refractivity contribution in [2.45, 2.75) is 26.0 Å². The van der Waals surface area contributed by atoms with Gasteiger partial charge in [0.2, 0.25) is 0 Å². The highest BCUT2D eigenvalue weighted by Gasteiger charge is 2.26. The first-order valence-electron chi connectivity index (χ1n) is 4.86. The third kappa shape index (κ3) is 4.00. The van der Waals surface area contributed by atoms with Gasteiger partial charge in [0.15, 0.2) is 0 Å². The van der Waals surface area contributed by atoms with Crippen LogP contribution in [0, 0.1) is 5.41 Å². The van der Waals surface area contributed by atoms with Crippen LogP contribution in [0.15, 0.2) is 22.8 Å². The fraction of sp³-hybridized carbons (Fsp3) is 0.545. The van der Waals surface area contributed by atoms with Crippen LogP contribution in [-0.4, -0.2) is 16.8 Å². The van der Waals surface area contributed by atoms with Crippen molar-refractivity contribution in [3.63, 3.8) is 0 Å². The van der Waals surface area contributed by atoms with Crippen LogP contribution in [-0.2, 0) is 10.5 Å². The molecule has 0 unspecified atom stereocenters. The molecule has 0 spiro atoms. The van der Waals surface area contributed by atoms with Gasteiger partial charge < -0.3 is 9.52 Å². The molecule has 3 nitrogen and oxygen atoms in total. The van der Waals surface area contributed by atoms with Gasteiger partial charge in [-0.3, -0.25) is 4.79 Å². The lowest BCUT2D eigenvalue weighted by molar-refractivity contribution is -0.146. The third-order valence-corrected chi connectivity index (χ3v) is 3.26. The standard InChI is InChI=1S/C11H16O3S/c1-11(2,10(12)13)5-7-15-8-9-4-3-6-14-9/h3-4,6H,5,7-8H2,1-2H3,(H,12,13). The van der Waals surface area contributed by atoms with E-state index < -0.39 is 11.4 Å². The van der Waals surface area contributed by atoms with Crippen LogP contribution in [0.4, 0.5) is 0 Å². The van der Waals surface area contributed by atoms with E-state index in [9.17, 15) is 4.79 Å².